The first-order valence-electron chi connectivity index (χ1n) is 6.75. The Morgan fingerprint density at radius 2 is 2.11 bits per heavy atom. The topological polar surface area (TPSA) is 37.8 Å². The molecule has 5 heteroatoms. The number of thiazole rings is 2. The summed E-state index contributed by atoms with van der Waals surface area (Å²) in [4.78, 5) is 10.3. The number of anilines is 1. The molecule has 0 spiro atoms. The number of hydrogen-bond acceptors (Lipinski definition) is 5. The summed E-state index contributed by atoms with van der Waals surface area (Å²) in [5, 5.41) is 7.73. The van der Waals surface area contributed by atoms with Gasteiger partial charge >= 0.3 is 0 Å². The Labute approximate surface area is 123 Å². The normalized spacial score (nSPS) is 12.9. The lowest BCUT2D eigenvalue weighted by Gasteiger charge is -2.08. The smallest absolute Gasteiger partial charge is 0.183 e. The monoisotopic (exact) mass is 295 g/mol. The molecule has 0 aliphatic rings. The molecule has 0 saturated carbocycles. The fourth-order valence-corrected chi connectivity index (χ4v) is 3.63. The zero-order chi connectivity index (χ0) is 13.8. The molecule has 2 rings (SSSR count). The van der Waals surface area contributed by atoms with E-state index in [-0.39, 0.29) is 0 Å². The Balaban J connectivity index is 2.07. The van der Waals surface area contributed by atoms with Crippen LogP contribution >= 0.6 is 22.7 Å². The number of rotatable bonds is 6. The van der Waals surface area contributed by atoms with Crippen LogP contribution < -0.4 is 5.32 Å². The largest absolute Gasteiger partial charge is 0.359 e. The molecule has 0 aliphatic carbocycles. The molecule has 0 saturated heterocycles. The van der Waals surface area contributed by atoms with Crippen molar-refractivity contribution >= 4 is 27.8 Å². The van der Waals surface area contributed by atoms with Crippen molar-refractivity contribution in [2.75, 3.05) is 5.32 Å². The van der Waals surface area contributed by atoms with Gasteiger partial charge in [0, 0.05) is 24.0 Å². The van der Waals surface area contributed by atoms with E-state index in [2.05, 4.69) is 48.4 Å². The van der Waals surface area contributed by atoms with E-state index in [9.17, 15) is 0 Å². The van der Waals surface area contributed by atoms with Crippen molar-refractivity contribution in [1.29, 1.82) is 0 Å². The molecule has 0 fully saturated rings. The molecule has 0 radical (unpaired) electrons. The number of aromatic nitrogens is 2. The Hall–Kier alpha value is -0.940. The lowest BCUT2D eigenvalue weighted by atomic mass is 10.1. The van der Waals surface area contributed by atoms with Gasteiger partial charge in [0.15, 0.2) is 5.13 Å². The fourth-order valence-electron chi connectivity index (χ4n) is 1.64. The number of hydrogen-bond donors (Lipinski definition) is 1. The van der Waals surface area contributed by atoms with Gasteiger partial charge in [-0.05, 0) is 19.3 Å². The average Bonchev–Trinajstić information content (AvgIpc) is 2.97. The van der Waals surface area contributed by atoms with Crippen molar-refractivity contribution in [2.45, 2.75) is 46.6 Å². The van der Waals surface area contributed by atoms with Gasteiger partial charge in [0.2, 0.25) is 0 Å². The molecule has 3 nitrogen and oxygen atoms in total. The Kier molecular flexibility index (Phi) is 4.93. The maximum atomic E-state index is 4.64. The zero-order valence-corrected chi connectivity index (χ0v) is 13.6. The molecule has 1 unspecified atom stereocenters. The maximum absolute atomic E-state index is 4.64. The van der Waals surface area contributed by atoms with Gasteiger partial charge in [-0.1, -0.05) is 20.8 Å². The van der Waals surface area contributed by atoms with Crippen molar-refractivity contribution in [1.82, 2.24) is 9.97 Å². The quantitative estimate of drug-likeness (QED) is 0.841. The van der Waals surface area contributed by atoms with Crippen molar-refractivity contribution in [3.8, 4) is 10.6 Å². The van der Waals surface area contributed by atoms with Crippen LogP contribution in [0.2, 0.25) is 0 Å². The van der Waals surface area contributed by atoms with E-state index in [1.165, 1.54) is 9.88 Å². The van der Waals surface area contributed by atoms with Crippen molar-refractivity contribution < 1.29 is 0 Å². The third-order valence-electron chi connectivity index (χ3n) is 2.88. The van der Waals surface area contributed by atoms with Gasteiger partial charge in [-0.25, -0.2) is 9.97 Å². The van der Waals surface area contributed by atoms with E-state index < -0.39 is 0 Å². The molecule has 1 N–H and O–H groups in total. The van der Waals surface area contributed by atoms with Crippen LogP contribution in [0.4, 0.5) is 5.13 Å². The Bertz CT molecular complexity index is 516. The number of nitrogens with one attached hydrogen (secondary N) is 1. The van der Waals surface area contributed by atoms with Crippen molar-refractivity contribution in [2.24, 2.45) is 5.92 Å². The fraction of sp³-hybridized carbons (Fsp3) is 0.571. The molecule has 0 aliphatic heterocycles. The lowest BCUT2D eigenvalue weighted by molar-refractivity contribution is 0.644. The van der Waals surface area contributed by atoms with Gasteiger partial charge in [0.05, 0.1) is 15.6 Å². The van der Waals surface area contributed by atoms with Gasteiger partial charge in [0.1, 0.15) is 0 Å². The summed E-state index contributed by atoms with van der Waals surface area (Å²) in [6.07, 6.45) is 4.10. The lowest BCUT2D eigenvalue weighted by Crippen LogP contribution is -2.12. The minimum absolute atomic E-state index is 0.469. The van der Waals surface area contributed by atoms with Crippen molar-refractivity contribution in [3.05, 3.63) is 16.6 Å². The molecule has 0 aromatic carbocycles. The highest BCUT2D eigenvalue weighted by Crippen LogP contribution is 2.30. The maximum Gasteiger partial charge on any atom is 0.183 e. The van der Waals surface area contributed by atoms with Gasteiger partial charge < -0.3 is 5.32 Å². The average molecular weight is 295 g/mol. The molecule has 0 bridgehead atoms. The minimum Gasteiger partial charge on any atom is -0.359 e. The molecule has 2 aromatic rings. The summed E-state index contributed by atoms with van der Waals surface area (Å²) in [5.41, 5.74) is 1.04. The highest BCUT2D eigenvalue weighted by atomic mass is 32.1. The van der Waals surface area contributed by atoms with Crippen LogP contribution in [0.3, 0.4) is 0 Å². The predicted molar refractivity (Wildman–Crippen MR) is 85.1 cm³/mol. The first kappa shape index (κ1) is 14.5. The van der Waals surface area contributed by atoms with E-state index >= 15 is 0 Å². The molecular weight excluding hydrogens is 274 g/mol. The van der Waals surface area contributed by atoms with Crippen LogP contribution in [0, 0.1) is 5.92 Å². The first-order chi connectivity index (χ1) is 9.08. The SMILES string of the molecule is CCC(C)Nc1nc(-c2cnc(CC(C)C)s2)cs1. The van der Waals surface area contributed by atoms with Crippen LogP contribution in [0.5, 0.6) is 0 Å². The molecule has 2 aromatic heterocycles. The van der Waals surface area contributed by atoms with Gasteiger partial charge in [-0.2, -0.15) is 0 Å². The summed E-state index contributed by atoms with van der Waals surface area (Å²) >= 11 is 3.43. The van der Waals surface area contributed by atoms with Crippen LogP contribution in [0.15, 0.2) is 11.6 Å². The van der Waals surface area contributed by atoms with E-state index in [1.54, 1.807) is 22.7 Å². The summed E-state index contributed by atoms with van der Waals surface area (Å²) in [7, 11) is 0. The van der Waals surface area contributed by atoms with E-state index in [0.717, 1.165) is 23.7 Å². The summed E-state index contributed by atoms with van der Waals surface area (Å²) in [5.74, 6) is 0.650. The summed E-state index contributed by atoms with van der Waals surface area (Å²) < 4.78 is 0. The van der Waals surface area contributed by atoms with Crippen molar-refractivity contribution in [3.63, 3.8) is 0 Å². The molecule has 19 heavy (non-hydrogen) atoms. The van der Waals surface area contributed by atoms with Crippen LogP contribution in [-0.2, 0) is 6.42 Å². The predicted octanol–water partition coefficient (Wildman–Crippen LogP) is 4.68. The molecule has 1 atom stereocenters. The molecule has 104 valence electrons. The summed E-state index contributed by atoms with van der Waals surface area (Å²) in [6.45, 7) is 8.79. The number of nitrogens with zero attached hydrogens (tertiary/aromatic N) is 2. The molecular formula is C14H21N3S2. The van der Waals surface area contributed by atoms with Crippen LogP contribution in [-0.4, -0.2) is 16.0 Å². The molecule has 0 amide bonds. The van der Waals surface area contributed by atoms with E-state index in [4.69, 9.17) is 0 Å². The second kappa shape index (κ2) is 6.48. The summed E-state index contributed by atoms with van der Waals surface area (Å²) in [6, 6.07) is 0.469. The highest BCUT2D eigenvalue weighted by molar-refractivity contribution is 7.16. The van der Waals surface area contributed by atoms with E-state index in [0.29, 0.717) is 12.0 Å². The highest BCUT2D eigenvalue weighted by Gasteiger charge is 2.10. The third-order valence-corrected chi connectivity index (χ3v) is 4.69. The van der Waals surface area contributed by atoms with Gasteiger partial charge in [-0.15, -0.1) is 22.7 Å². The van der Waals surface area contributed by atoms with Crippen LogP contribution in [0.25, 0.3) is 10.6 Å². The second-order valence-electron chi connectivity index (χ2n) is 5.21. The zero-order valence-electron chi connectivity index (χ0n) is 11.9. The second-order valence-corrected chi connectivity index (χ2v) is 7.18. The van der Waals surface area contributed by atoms with Gasteiger partial charge in [-0.3, -0.25) is 0 Å². The van der Waals surface area contributed by atoms with Gasteiger partial charge in [0.25, 0.3) is 0 Å². The first-order valence-corrected chi connectivity index (χ1v) is 8.45. The standard InChI is InChI=1S/C14H21N3S2/c1-5-10(4)16-14-17-11(8-18-14)12-7-15-13(19-12)6-9(2)3/h7-10H,5-6H2,1-4H3,(H,16,17). The molecule has 2 heterocycles. The third kappa shape index (κ3) is 4.01. The van der Waals surface area contributed by atoms with E-state index in [1.807, 2.05) is 6.20 Å². The minimum atomic E-state index is 0.469. The van der Waals surface area contributed by atoms with Crippen LogP contribution in [0.1, 0.15) is 39.1 Å². The Morgan fingerprint density at radius 3 is 2.79 bits per heavy atom. The Morgan fingerprint density at radius 1 is 1.32 bits per heavy atom.